The van der Waals surface area contributed by atoms with E-state index in [0.29, 0.717) is 0 Å². The average Bonchev–Trinajstić information content (AvgIpc) is 3.11. The summed E-state index contributed by atoms with van der Waals surface area (Å²) in [5.41, 5.74) is 2.92. The van der Waals surface area contributed by atoms with Gasteiger partial charge in [-0.1, -0.05) is 11.1 Å². The molecule has 0 unspecified atom stereocenters. The van der Waals surface area contributed by atoms with Crippen LogP contribution in [0.3, 0.4) is 0 Å². The van der Waals surface area contributed by atoms with E-state index in [9.17, 15) is 9.59 Å². The first-order valence-corrected chi connectivity index (χ1v) is 7.56. The van der Waals surface area contributed by atoms with Crippen LogP contribution in [-0.2, 0) is 19.1 Å². The lowest BCUT2D eigenvalue weighted by molar-refractivity contribution is -0.162. The van der Waals surface area contributed by atoms with E-state index in [0.717, 1.165) is 38.5 Å². The van der Waals surface area contributed by atoms with Crippen LogP contribution in [0.15, 0.2) is 11.1 Å². The molecule has 0 radical (unpaired) electrons. The summed E-state index contributed by atoms with van der Waals surface area (Å²) in [7, 11) is 2.83. The number of fused-ring (bicyclic) bond motifs is 2. The van der Waals surface area contributed by atoms with Crippen LogP contribution in [0.5, 0.6) is 0 Å². The molecule has 20 heavy (non-hydrogen) atoms. The van der Waals surface area contributed by atoms with Gasteiger partial charge in [-0.15, -0.1) is 0 Å². The number of rotatable bonds is 2. The van der Waals surface area contributed by atoms with Crippen molar-refractivity contribution in [3.8, 4) is 0 Å². The van der Waals surface area contributed by atoms with Crippen molar-refractivity contribution in [3.05, 3.63) is 11.1 Å². The van der Waals surface area contributed by atoms with Gasteiger partial charge in [0.15, 0.2) is 0 Å². The van der Waals surface area contributed by atoms with Gasteiger partial charge in [0.25, 0.3) is 0 Å². The van der Waals surface area contributed by atoms with Gasteiger partial charge in [0, 0.05) is 0 Å². The summed E-state index contributed by atoms with van der Waals surface area (Å²) in [5.74, 6) is -0.744. The van der Waals surface area contributed by atoms with Crippen LogP contribution >= 0.6 is 0 Å². The predicted octanol–water partition coefficient (Wildman–Crippen LogP) is 2.48. The highest BCUT2D eigenvalue weighted by atomic mass is 16.5. The van der Waals surface area contributed by atoms with Crippen LogP contribution < -0.4 is 0 Å². The number of hydrogen-bond acceptors (Lipinski definition) is 4. The van der Waals surface area contributed by atoms with Crippen molar-refractivity contribution in [2.24, 2.45) is 23.7 Å². The Labute approximate surface area is 119 Å². The maximum atomic E-state index is 12.3. The first-order valence-electron chi connectivity index (χ1n) is 7.56. The second-order valence-corrected chi connectivity index (χ2v) is 6.15. The molecule has 4 nitrogen and oxygen atoms in total. The quantitative estimate of drug-likeness (QED) is 0.575. The molecule has 3 aliphatic rings. The second kappa shape index (κ2) is 5.23. The third kappa shape index (κ3) is 1.88. The van der Waals surface area contributed by atoms with E-state index in [2.05, 4.69) is 0 Å². The van der Waals surface area contributed by atoms with Crippen molar-refractivity contribution < 1.29 is 19.1 Å². The van der Waals surface area contributed by atoms with E-state index < -0.39 is 0 Å². The van der Waals surface area contributed by atoms with Gasteiger partial charge in [-0.2, -0.15) is 0 Å². The molecule has 0 aromatic rings. The van der Waals surface area contributed by atoms with E-state index in [-0.39, 0.29) is 35.6 Å². The van der Waals surface area contributed by atoms with Crippen LogP contribution in [0, 0.1) is 23.7 Å². The Morgan fingerprint density at radius 3 is 1.60 bits per heavy atom. The van der Waals surface area contributed by atoms with Crippen LogP contribution in [0.4, 0.5) is 0 Å². The molecule has 4 heteroatoms. The molecule has 0 aromatic heterocycles. The van der Waals surface area contributed by atoms with E-state index >= 15 is 0 Å². The molecule has 0 heterocycles. The molecule has 0 aliphatic heterocycles. The van der Waals surface area contributed by atoms with Crippen LogP contribution in [0.1, 0.15) is 38.5 Å². The average molecular weight is 278 g/mol. The third-order valence-electron chi connectivity index (χ3n) is 5.43. The molecule has 0 amide bonds. The van der Waals surface area contributed by atoms with Crippen molar-refractivity contribution >= 4 is 11.9 Å². The Balaban J connectivity index is 2.06. The minimum absolute atomic E-state index is 0.205. The Morgan fingerprint density at radius 2 is 1.25 bits per heavy atom. The summed E-state index contributed by atoms with van der Waals surface area (Å²) in [6.07, 6.45) is 6.43. The number of ether oxygens (including phenoxy) is 2. The van der Waals surface area contributed by atoms with Crippen molar-refractivity contribution in [2.45, 2.75) is 38.5 Å². The Bertz CT molecular complexity index is 423. The molecule has 0 bridgehead atoms. The summed E-state index contributed by atoms with van der Waals surface area (Å²) in [6.45, 7) is 0. The molecule has 3 rings (SSSR count). The van der Waals surface area contributed by atoms with Gasteiger partial charge in [0.05, 0.1) is 26.1 Å². The number of hydrogen-bond donors (Lipinski definition) is 0. The molecule has 110 valence electrons. The minimum atomic E-state index is -0.336. The topological polar surface area (TPSA) is 52.6 Å². The van der Waals surface area contributed by atoms with Crippen LogP contribution in [-0.4, -0.2) is 26.2 Å². The first kappa shape index (κ1) is 13.7. The molecule has 4 atom stereocenters. The lowest BCUT2D eigenvalue weighted by Crippen LogP contribution is -2.43. The normalized spacial score (nSPS) is 35.5. The van der Waals surface area contributed by atoms with Crippen LogP contribution in [0.25, 0.3) is 0 Å². The van der Waals surface area contributed by atoms with Gasteiger partial charge >= 0.3 is 11.9 Å². The zero-order chi connectivity index (χ0) is 14.3. The molecular formula is C16H22O4. The van der Waals surface area contributed by atoms with Gasteiger partial charge in [0.1, 0.15) is 0 Å². The molecule has 3 aliphatic carbocycles. The largest absolute Gasteiger partial charge is 0.469 e. The lowest BCUT2D eigenvalue weighted by Gasteiger charge is -2.38. The molecule has 2 saturated carbocycles. The van der Waals surface area contributed by atoms with Crippen molar-refractivity contribution in [1.29, 1.82) is 0 Å². The Morgan fingerprint density at radius 1 is 0.850 bits per heavy atom. The highest BCUT2D eigenvalue weighted by Crippen LogP contribution is 2.55. The number of methoxy groups -OCH3 is 2. The summed E-state index contributed by atoms with van der Waals surface area (Å²) in [4.78, 5) is 24.6. The van der Waals surface area contributed by atoms with Crippen molar-refractivity contribution in [2.75, 3.05) is 14.2 Å². The highest BCUT2D eigenvalue weighted by Gasteiger charge is 2.53. The third-order valence-corrected chi connectivity index (χ3v) is 5.43. The maximum Gasteiger partial charge on any atom is 0.310 e. The molecule has 0 N–H and O–H groups in total. The first-order chi connectivity index (χ1) is 9.69. The highest BCUT2D eigenvalue weighted by molar-refractivity contribution is 5.84. The van der Waals surface area contributed by atoms with Gasteiger partial charge in [-0.3, -0.25) is 9.59 Å². The molecule has 0 saturated heterocycles. The number of esters is 2. The smallest absolute Gasteiger partial charge is 0.310 e. The van der Waals surface area contributed by atoms with E-state index in [1.807, 2.05) is 0 Å². The SMILES string of the molecule is COC(=O)[C@H]1[C@H](C(=O)OC)[C@H]2CCCC2=C2CCC[C@H]21. The monoisotopic (exact) mass is 278 g/mol. The number of carbonyl (C=O) groups excluding carboxylic acids is 2. The Kier molecular flexibility index (Phi) is 3.57. The lowest BCUT2D eigenvalue weighted by atomic mass is 9.65. The Hall–Kier alpha value is -1.32. The number of allylic oxidation sites excluding steroid dienone is 2. The minimum Gasteiger partial charge on any atom is -0.469 e. The van der Waals surface area contributed by atoms with Crippen molar-refractivity contribution in [3.63, 3.8) is 0 Å². The fourth-order valence-electron chi connectivity index (χ4n) is 4.73. The van der Waals surface area contributed by atoms with Gasteiger partial charge in [-0.05, 0) is 50.4 Å². The van der Waals surface area contributed by atoms with E-state index in [4.69, 9.17) is 9.47 Å². The zero-order valence-electron chi connectivity index (χ0n) is 12.2. The number of carbonyl (C=O) groups is 2. The molecule has 0 spiro atoms. The molecular weight excluding hydrogens is 256 g/mol. The van der Waals surface area contributed by atoms with Crippen molar-refractivity contribution in [1.82, 2.24) is 0 Å². The summed E-state index contributed by atoms with van der Waals surface area (Å²) in [5, 5.41) is 0. The van der Waals surface area contributed by atoms with Crippen LogP contribution in [0.2, 0.25) is 0 Å². The predicted molar refractivity (Wildman–Crippen MR) is 72.7 cm³/mol. The summed E-state index contributed by atoms with van der Waals surface area (Å²) >= 11 is 0. The zero-order valence-corrected chi connectivity index (χ0v) is 12.2. The summed E-state index contributed by atoms with van der Waals surface area (Å²) < 4.78 is 10.0. The standard InChI is InChI=1S/C16H22O4/c1-19-15(17)13-11-7-3-5-9(11)10-6-4-8-12(10)14(13)16(18)20-2/h11-14H,3-8H2,1-2H3/t11-,12+,13-,14-/m1/s1. The second-order valence-electron chi connectivity index (χ2n) is 6.15. The van der Waals surface area contributed by atoms with E-state index in [1.54, 1.807) is 0 Å². The summed E-state index contributed by atoms with van der Waals surface area (Å²) in [6, 6.07) is 0. The molecule has 2 fully saturated rings. The maximum absolute atomic E-state index is 12.3. The van der Waals surface area contributed by atoms with E-state index in [1.165, 1.54) is 25.4 Å². The molecule has 0 aromatic carbocycles. The fraction of sp³-hybridized carbons (Fsp3) is 0.750. The van der Waals surface area contributed by atoms with Gasteiger partial charge < -0.3 is 9.47 Å². The fourth-order valence-corrected chi connectivity index (χ4v) is 4.73. The van der Waals surface area contributed by atoms with Gasteiger partial charge in [0.2, 0.25) is 0 Å². The van der Waals surface area contributed by atoms with Gasteiger partial charge in [-0.25, -0.2) is 0 Å².